The second-order valence-corrected chi connectivity index (χ2v) is 3.85. The minimum Gasteiger partial charge on any atom is -0.494 e. The van der Waals surface area contributed by atoms with Gasteiger partial charge in [-0.05, 0) is 37.6 Å². The van der Waals surface area contributed by atoms with Crippen LogP contribution in [0.15, 0.2) is 24.3 Å². The third-order valence-electron chi connectivity index (χ3n) is 2.79. The van der Waals surface area contributed by atoms with Crippen LogP contribution in [0.3, 0.4) is 0 Å². The molecule has 1 aromatic rings. The quantitative estimate of drug-likeness (QED) is 0.824. The van der Waals surface area contributed by atoms with Crippen LogP contribution in [0.25, 0.3) is 0 Å². The predicted molar refractivity (Wildman–Crippen MR) is 57.9 cm³/mol. The van der Waals surface area contributed by atoms with Crippen LogP contribution >= 0.6 is 0 Å². The standard InChI is InChI=1S/C12H16FNO/c1-2-15-11-5-3-10(4-6-11)12(13)7-8-14-9-12/h3-6,14H,2,7-9H2,1H3. The third-order valence-corrected chi connectivity index (χ3v) is 2.79. The highest BCUT2D eigenvalue weighted by molar-refractivity contribution is 5.31. The summed E-state index contributed by atoms with van der Waals surface area (Å²) < 4.78 is 19.6. The Morgan fingerprint density at radius 3 is 2.67 bits per heavy atom. The molecule has 2 rings (SSSR count). The molecule has 0 radical (unpaired) electrons. The number of rotatable bonds is 3. The van der Waals surface area contributed by atoms with Crippen molar-refractivity contribution in [1.29, 1.82) is 0 Å². The Kier molecular flexibility index (Phi) is 2.91. The van der Waals surface area contributed by atoms with Crippen molar-refractivity contribution in [3.8, 4) is 5.75 Å². The number of hydrogen-bond acceptors (Lipinski definition) is 2. The highest BCUT2D eigenvalue weighted by Gasteiger charge is 2.35. The molecule has 82 valence electrons. The number of alkyl halides is 1. The number of halogens is 1. The first-order valence-corrected chi connectivity index (χ1v) is 5.37. The summed E-state index contributed by atoms with van der Waals surface area (Å²) in [6, 6.07) is 7.30. The van der Waals surface area contributed by atoms with Crippen molar-refractivity contribution < 1.29 is 9.13 Å². The first-order valence-electron chi connectivity index (χ1n) is 5.37. The normalized spacial score (nSPS) is 25.5. The van der Waals surface area contributed by atoms with Crippen LogP contribution in [0.1, 0.15) is 18.9 Å². The van der Waals surface area contributed by atoms with E-state index < -0.39 is 5.67 Å². The Morgan fingerprint density at radius 2 is 2.13 bits per heavy atom. The zero-order chi connectivity index (χ0) is 10.7. The number of hydrogen-bond donors (Lipinski definition) is 1. The van der Waals surface area contributed by atoms with Gasteiger partial charge in [-0.15, -0.1) is 0 Å². The van der Waals surface area contributed by atoms with Gasteiger partial charge in [0.05, 0.1) is 6.61 Å². The molecule has 1 N–H and O–H groups in total. The molecule has 0 spiro atoms. The van der Waals surface area contributed by atoms with Crippen molar-refractivity contribution in [2.45, 2.75) is 19.0 Å². The maximum Gasteiger partial charge on any atom is 0.149 e. The minimum atomic E-state index is -1.19. The van der Waals surface area contributed by atoms with Crippen molar-refractivity contribution >= 4 is 0 Å². The molecule has 1 atom stereocenters. The molecule has 15 heavy (non-hydrogen) atoms. The van der Waals surface area contributed by atoms with E-state index in [9.17, 15) is 4.39 Å². The van der Waals surface area contributed by atoms with Crippen LogP contribution in [0, 0.1) is 0 Å². The Morgan fingerprint density at radius 1 is 1.40 bits per heavy atom. The van der Waals surface area contributed by atoms with E-state index in [0.29, 0.717) is 19.6 Å². The molecule has 0 aliphatic carbocycles. The SMILES string of the molecule is CCOc1ccc(C2(F)CCNC2)cc1. The summed E-state index contributed by atoms with van der Waals surface area (Å²) in [4.78, 5) is 0. The fourth-order valence-corrected chi connectivity index (χ4v) is 1.92. The lowest BCUT2D eigenvalue weighted by molar-refractivity contribution is 0.193. The van der Waals surface area contributed by atoms with Crippen molar-refractivity contribution in [2.24, 2.45) is 0 Å². The van der Waals surface area contributed by atoms with E-state index in [1.165, 1.54) is 0 Å². The average molecular weight is 209 g/mol. The van der Waals surface area contributed by atoms with Crippen molar-refractivity contribution in [1.82, 2.24) is 5.32 Å². The fraction of sp³-hybridized carbons (Fsp3) is 0.500. The van der Waals surface area contributed by atoms with E-state index in [2.05, 4.69) is 5.32 Å². The van der Waals surface area contributed by atoms with E-state index in [-0.39, 0.29) is 0 Å². The molecule has 1 aliphatic heterocycles. The Balaban J connectivity index is 2.15. The monoisotopic (exact) mass is 209 g/mol. The minimum absolute atomic E-state index is 0.418. The lowest BCUT2D eigenvalue weighted by Crippen LogP contribution is -2.23. The summed E-state index contributed by atoms with van der Waals surface area (Å²) in [7, 11) is 0. The molecule has 0 aromatic heterocycles. The molecule has 1 aliphatic rings. The van der Waals surface area contributed by atoms with E-state index >= 15 is 0 Å². The van der Waals surface area contributed by atoms with Gasteiger partial charge in [0.15, 0.2) is 0 Å². The Bertz CT molecular complexity index is 317. The van der Waals surface area contributed by atoms with Gasteiger partial charge in [-0.3, -0.25) is 0 Å². The summed E-state index contributed by atoms with van der Waals surface area (Å²) in [6.45, 7) is 3.75. The summed E-state index contributed by atoms with van der Waals surface area (Å²) in [6.07, 6.45) is 0.557. The number of nitrogens with one attached hydrogen (secondary N) is 1. The van der Waals surface area contributed by atoms with E-state index in [1.807, 2.05) is 31.2 Å². The molecule has 1 heterocycles. The third kappa shape index (κ3) is 2.12. The van der Waals surface area contributed by atoms with Gasteiger partial charge in [-0.1, -0.05) is 12.1 Å². The molecular formula is C12H16FNO. The lowest BCUT2D eigenvalue weighted by atomic mass is 9.95. The van der Waals surface area contributed by atoms with Gasteiger partial charge in [0, 0.05) is 6.54 Å². The van der Waals surface area contributed by atoms with Crippen molar-refractivity contribution in [3.63, 3.8) is 0 Å². The largest absolute Gasteiger partial charge is 0.494 e. The lowest BCUT2D eigenvalue weighted by Gasteiger charge is -2.18. The van der Waals surface area contributed by atoms with Crippen LogP contribution in [-0.2, 0) is 5.67 Å². The van der Waals surface area contributed by atoms with Crippen LogP contribution < -0.4 is 10.1 Å². The molecular weight excluding hydrogens is 193 g/mol. The first kappa shape index (κ1) is 10.4. The summed E-state index contributed by atoms with van der Waals surface area (Å²) in [5.41, 5.74) is -0.443. The fourth-order valence-electron chi connectivity index (χ4n) is 1.92. The second-order valence-electron chi connectivity index (χ2n) is 3.85. The van der Waals surface area contributed by atoms with Crippen LogP contribution in [0.4, 0.5) is 4.39 Å². The molecule has 1 unspecified atom stereocenters. The van der Waals surface area contributed by atoms with Gasteiger partial charge >= 0.3 is 0 Å². The van der Waals surface area contributed by atoms with Gasteiger partial charge in [0.25, 0.3) is 0 Å². The Hall–Kier alpha value is -1.09. The van der Waals surface area contributed by atoms with Gasteiger partial charge < -0.3 is 10.1 Å². The van der Waals surface area contributed by atoms with Crippen LogP contribution in [0.2, 0.25) is 0 Å². The smallest absolute Gasteiger partial charge is 0.149 e. The molecule has 0 amide bonds. The zero-order valence-corrected chi connectivity index (χ0v) is 8.92. The molecule has 1 aromatic carbocycles. The van der Waals surface area contributed by atoms with Gasteiger partial charge in [0.2, 0.25) is 0 Å². The maximum atomic E-state index is 14.3. The summed E-state index contributed by atoms with van der Waals surface area (Å²) >= 11 is 0. The molecule has 0 saturated carbocycles. The maximum absolute atomic E-state index is 14.3. The number of ether oxygens (including phenoxy) is 1. The van der Waals surface area contributed by atoms with Crippen molar-refractivity contribution in [3.05, 3.63) is 29.8 Å². The summed E-state index contributed by atoms with van der Waals surface area (Å²) in [5, 5.41) is 3.04. The first-order chi connectivity index (χ1) is 7.24. The molecule has 1 saturated heterocycles. The summed E-state index contributed by atoms with van der Waals surface area (Å²) in [5.74, 6) is 0.802. The van der Waals surface area contributed by atoms with Crippen LogP contribution in [0.5, 0.6) is 5.75 Å². The topological polar surface area (TPSA) is 21.3 Å². The highest BCUT2D eigenvalue weighted by Crippen LogP contribution is 2.32. The van der Waals surface area contributed by atoms with E-state index in [1.54, 1.807) is 0 Å². The van der Waals surface area contributed by atoms with Crippen LogP contribution in [-0.4, -0.2) is 19.7 Å². The predicted octanol–water partition coefficient (Wildman–Crippen LogP) is 2.24. The van der Waals surface area contributed by atoms with Gasteiger partial charge in [-0.2, -0.15) is 0 Å². The average Bonchev–Trinajstić information content (AvgIpc) is 2.68. The molecule has 1 fully saturated rings. The molecule has 3 heteroatoms. The molecule has 2 nitrogen and oxygen atoms in total. The zero-order valence-electron chi connectivity index (χ0n) is 8.92. The molecule has 0 bridgehead atoms. The Labute approximate surface area is 89.4 Å². The van der Waals surface area contributed by atoms with E-state index in [0.717, 1.165) is 17.9 Å². The highest BCUT2D eigenvalue weighted by atomic mass is 19.1. The van der Waals surface area contributed by atoms with Crippen molar-refractivity contribution in [2.75, 3.05) is 19.7 Å². The van der Waals surface area contributed by atoms with Gasteiger partial charge in [0.1, 0.15) is 11.4 Å². The second kappa shape index (κ2) is 4.19. The van der Waals surface area contributed by atoms with E-state index in [4.69, 9.17) is 4.74 Å². The number of benzene rings is 1. The van der Waals surface area contributed by atoms with Gasteiger partial charge in [-0.25, -0.2) is 4.39 Å².